The lowest BCUT2D eigenvalue weighted by atomic mass is 9.79. The molecule has 1 aliphatic carbocycles. The van der Waals surface area contributed by atoms with E-state index in [0.717, 1.165) is 49.8 Å². The van der Waals surface area contributed by atoms with E-state index in [0.29, 0.717) is 11.3 Å². The van der Waals surface area contributed by atoms with Crippen molar-refractivity contribution < 1.29 is 0 Å². The summed E-state index contributed by atoms with van der Waals surface area (Å²) < 4.78 is 2.26. The number of fused-ring (bicyclic) bond motifs is 1. The molecule has 3 aromatic rings. The van der Waals surface area contributed by atoms with Crippen LogP contribution >= 0.6 is 11.6 Å². The van der Waals surface area contributed by atoms with Gasteiger partial charge in [0.2, 0.25) is 5.28 Å². The smallest absolute Gasteiger partial charge is 0.204 e. The van der Waals surface area contributed by atoms with Crippen molar-refractivity contribution in [3.05, 3.63) is 77.6 Å². The Balaban J connectivity index is 1.41. The van der Waals surface area contributed by atoms with Gasteiger partial charge in [-0.05, 0) is 67.8 Å². The topological polar surface area (TPSA) is 21.1 Å². The first-order chi connectivity index (χ1) is 14.3. The van der Waals surface area contributed by atoms with Crippen molar-refractivity contribution in [1.82, 2.24) is 14.5 Å². The molecule has 1 saturated heterocycles. The number of imidazole rings is 1. The van der Waals surface area contributed by atoms with Crippen LogP contribution in [0.1, 0.15) is 50.1 Å². The number of allylic oxidation sites excluding steroid dienone is 2. The Labute approximate surface area is 178 Å². The number of benzene rings is 2. The monoisotopic (exact) mass is 405 g/mol. The van der Waals surface area contributed by atoms with Gasteiger partial charge in [-0.1, -0.05) is 54.6 Å². The minimum atomic E-state index is 0.149. The largest absolute Gasteiger partial charge is 0.311 e. The number of piperidine rings is 1. The fourth-order valence-corrected chi connectivity index (χ4v) is 5.78. The molecule has 2 heterocycles. The van der Waals surface area contributed by atoms with E-state index < -0.39 is 0 Å². The van der Waals surface area contributed by atoms with Crippen molar-refractivity contribution >= 4 is 22.6 Å². The summed E-state index contributed by atoms with van der Waals surface area (Å²) in [5.41, 5.74) is 3.78. The molecule has 0 saturated carbocycles. The van der Waals surface area contributed by atoms with Crippen LogP contribution in [0.15, 0.2) is 66.7 Å². The lowest BCUT2D eigenvalue weighted by molar-refractivity contribution is 0.0371. The fourth-order valence-electron chi connectivity index (χ4n) is 5.46. The minimum Gasteiger partial charge on any atom is -0.311 e. The summed E-state index contributed by atoms with van der Waals surface area (Å²) >= 11 is 6.56. The second-order valence-electron chi connectivity index (χ2n) is 8.40. The number of rotatable bonds is 3. The summed E-state index contributed by atoms with van der Waals surface area (Å²) in [4.78, 5) is 7.34. The second-order valence-corrected chi connectivity index (χ2v) is 8.74. The van der Waals surface area contributed by atoms with E-state index in [1.165, 1.54) is 18.4 Å². The van der Waals surface area contributed by atoms with Crippen molar-refractivity contribution in [3.8, 4) is 0 Å². The Hall–Kier alpha value is -2.10. The summed E-state index contributed by atoms with van der Waals surface area (Å²) in [6, 6.07) is 19.9. The normalized spacial score (nSPS) is 20.7. The Morgan fingerprint density at radius 1 is 0.862 bits per heavy atom. The maximum atomic E-state index is 6.56. The Morgan fingerprint density at radius 2 is 1.52 bits per heavy atom. The number of likely N-dealkylation sites (tertiary alicyclic amines) is 1. The van der Waals surface area contributed by atoms with Gasteiger partial charge >= 0.3 is 0 Å². The van der Waals surface area contributed by atoms with Crippen LogP contribution < -0.4 is 0 Å². The molecule has 0 bridgehead atoms. The Bertz CT molecular complexity index is 989. The number of para-hydroxylation sites is 2. The highest BCUT2D eigenvalue weighted by Crippen LogP contribution is 2.43. The third kappa shape index (κ3) is 3.41. The zero-order valence-corrected chi connectivity index (χ0v) is 17.6. The van der Waals surface area contributed by atoms with Gasteiger partial charge in [0.05, 0.1) is 11.0 Å². The quantitative estimate of drug-likeness (QED) is 0.473. The Kier molecular flexibility index (Phi) is 5.19. The third-order valence-corrected chi connectivity index (χ3v) is 7.18. The summed E-state index contributed by atoms with van der Waals surface area (Å²) in [5.74, 6) is 0. The van der Waals surface area contributed by atoms with E-state index in [-0.39, 0.29) is 5.54 Å². The molecule has 4 heteroatoms. The number of nitrogens with zero attached hydrogens (tertiary/aromatic N) is 3. The van der Waals surface area contributed by atoms with Gasteiger partial charge in [0, 0.05) is 24.7 Å². The van der Waals surface area contributed by atoms with Crippen LogP contribution in [0.25, 0.3) is 11.0 Å². The average molecular weight is 406 g/mol. The van der Waals surface area contributed by atoms with Crippen LogP contribution in [0.5, 0.6) is 0 Å². The highest BCUT2D eigenvalue weighted by molar-refractivity contribution is 6.29. The molecule has 0 unspecified atom stereocenters. The van der Waals surface area contributed by atoms with Crippen LogP contribution in [0.3, 0.4) is 0 Å². The number of aromatic nitrogens is 2. The molecule has 150 valence electrons. The van der Waals surface area contributed by atoms with Crippen LogP contribution in [-0.4, -0.2) is 27.5 Å². The third-order valence-electron chi connectivity index (χ3n) is 6.91. The first-order valence-electron chi connectivity index (χ1n) is 10.9. The van der Waals surface area contributed by atoms with Crippen LogP contribution in [0.4, 0.5) is 0 Å². The molecule has 5 rings (SSSR count). The molecule has 2 aromatic carbocycles. The van der Waals surface area contributed by atoms with Gasteiger partial charge in [0.15, 0.2) is 0 Å². The molecular weight excluding hydrogens is 378 g/mol. The lowest BCUT2D eigenvalue weighted by Crippen LogP contribution is -2.50. The van der Waals surface area contributed by atoms with Crippen molar-refractivity contribution in [2.75, 3.05) is 13.1 Å². The molecule has 0 spiro atoms. The van der Waals surface area contributed by atoms with Crippen LogP contribution in [0, 0.1) is 0 Å². The molecule has 0 radical (unpaired) electrons. The highest BCUT2D eigenvalue weighted by atomic mass is 35.5. The van der Waals surface area contributed by atoms with Crippen LogP contribution in [-0.2, 0) is 5.54 Å². The van der Waals surface area contributed by atoms with Crippen molar-refractivity contribution in [1.29, 1.82) is 0 Å². The summed E-state index contributed by atoms with van der Waals surface area (Å²) in [7, 11) is 0. The maximum Gasteiger partial charge on any atom is 0.204 e. The fraction of sp³-hybridized carbons (Fsp3) is 0.400. The van der Waals surface area contributed by atoms with Crippen molar-refractivity contribution in [2.45, 2.75) is 50.1 Å². The number of halogens is 1. The Morgan fingerprint density at radius 3 is 2.24 bits per heavy atom. The molecule has 0 atom stereocenters. The van der Waals surface area contributed by atoms with Gasteiger partial charge in [0.25, 0.3) is 0 Å². The van der Waals surface area contributed by atoms with Crippen LogP contribution in [0.2, 0.25) is 5.28 Å². The van der Waals surface area contributed by atoms with Gasteiger partial charge in [0.1, 0.15) is 0 Å². The SMILES string of the molecule is Clc1nc2ccccc2n1C1CCN(C2(c3ccccc3)CCC=CCC2)CC1. The zero-order chi connectivity index (χ0) is 19.7. The van der Waals surface area contributed by atoms with Gasteiger partial charge in [-0.3, -0.25) is 4.90 Å². The molecule has 2 aliphatic rings. The number of hydrogen-bond acceptors (Lipinski definition) is 2. The maximum absolute atomic E-state index is 6.56. The molecule has 3 nitrogen and oxygen atoms in total. The molecule has 0 amide bonds. The van der Waals surface area contributed by atoms with E-state index in [9.17, 15) is 0 Å². The summed E-state index contributed by atoms with van der Waals surface area (Å²) in [5, 5.41) is 0.626. The summed E-state index contributed by atoms with van der Waals surface area (Å²) in [6.07, 6.45) is 11.7. The molecular formula is C25H28ClN3. The molecule has 1 aliphatic heterocycles. The van der Waals surface area contributed by atoms with E-state index in [1.54, 1.807) is 0 Å². The standard InChI is InChI=1S/C25H28ClN3/c26-24-27-22-12-6-7-13-23(22)29(24)21-14-18-28(19-15-21)25(16-8-1-2-9-17-25)20-10-4-3-5-11-20/h1-7,10-13,21H,8-9,14-19H2. The van der Waals surface area contributed by atoms with Gasteiger partial charge in [-0.2, -0.15) is 0 Å². The predicted octanol–water partition coefficient (Wildman–Crippen LogP) is 6.35. The van der Waals surface area contributed by atoms with Crippen molar-refractivity contribution in [3.63, 3.8) is 0 Å². The molecule has 29 heavy (non-hydrogen) atoms. The molecule has 1 fully saturated rings. The van der Waals surface area contributed by atoms with Crippen molar-refractivity contribution in [2.24, 2.45) is 0 Å². The second kappa shape index (κ2) is 7.97. The van der Waals surface area contributed by atoms with Gasteiger partial charge in [-0.15, -0.1) is 0 Å². The first-order valence-corrected chi connectivity index (χ1v) is 11.2. The van der Waals surface area contributed by atoms with E-state index >= 15 is 0 Å². The number of hydrogen-bond donors (Lipinski definition) is 0. The highest BCUT2D eigenvalue weighted by Gasteiger charge is 2.40. The average Bonchev–Trinajstić information content (AvgIpc) is 2.93. The van der Waals surface area contributed by atoms with Gasteiger partial charge in [-0.25, -0.2) is 4.98 Å². The first kappa shape index (κ1) is 18.9. The van der Waals surface area contributed by atoms with E-state index in [2.05, 4.69) is 75.1 Å². The molecule has 1 aromatic heterocycles. The lowest BCUT2D eigenvalue weighted by Gasteiger charge is -2.48. The predicted molar refractivity (Wildman–Crippen MR) is 120 cm³/mol. The van der Waals surface area contributed by atoms with Gasteiger partial charge < -0.3 is 4.57 Å². The summed E-state index contributed by atoms with van der Waals surface area (Å²) in [6.45, 7) is 2.20. The zero-order valence-electron chi connectivity index (χ0n) is 16.8. The van der Waals surface area contributed by atoms with E-state index in [1.807, 2.05) is 6.07 Å². The molecule has 0 N–H and O–H groups in total. The minimum absolute atomic E-state index is 0.149. The van der Waals surface area contributed by atoms with E-state index in [4.69, 9.17) is 11.6 Å².